The molecule has 0 rings (SSSR count). The van der Waals surface area contributed by atoms with Gasteiger partial charge < -0.3 is 19.7 Å². The van der Waals surface area contributed by atoms with Crippen molar-refractivity contribution in [3.8, 4) is 0 Å². The van der Waals surface area contributed by atoms with E-state index in [1.54, 1.807) is 0 Å². The average Bonchev–Trinajstić information content (AvgIpc) is 3.14. The lowest BCUT2D eigenvalue weighted by atomic mass is 10.0. The van der Waals surface area contributed by atoms with Crippen molar-refractivity contribution in [2.24, 2.45) is 0 Å². The lowest BCUT2D eigenvalue weighted by Crippen LogP contribution is -2.38. The van der Waals surface area contributed by atoms with E-state index in [0.29, 0.717) is 25.5 Å². The Balaban J connectivity index is 4.12. The molecule has 0 saturated heterocycles. The predicted molar refractivity (Wildman–Crippen MR) is 225 cm³/mol. The summed E-state index contributed by atoms with van der Waals surface area (Å²) in [5.74, 6) is 0.0253. The second-order valence-corrected chi connectivity index (χ2v) is 16.1. The van der Waals surface area contributed by atoms with Crippen molar-refractivity contribution in [3.63, 3.8) is 0 Å². The highest BCUT2D eigenvalue weighted by Gasteiger charge is 2.15. The number of esters is 2. The smallest absolute Gasteiger partial charge is 0.306 e. The molecule has 0 aromatic heterocycles. The molecule has 1 N–H and O–H groups in total. The van der Waals surface area contributed by atoms with Crippen LogP contribution >= 0.6 is 0 Å². The molecule has 0 radical (unpaired) electrons. The van der Waals surface area contributed by atoms with E-state index in [4.69, 9.17) is 9.47 Å². The van der Waals surface area contributed by atoms with Crippen LogP contribution in [0.4, 0.5) is 0 Å². The van der Waals surface area contributed by atoms with Gasteiger partial charge in [0.15, 0.2) is 0 Å². The normalized spacial score (nSPS) is 12.2. The van der Waals surface area contributed by atoms with E-state index in [1.165, 1.54) is 154 Å². The second-order valence-electron chi connectivity index (χ2n) is 16.1. The summed E-state index contributed by atoms with van der Waals surface area (Å²) in [5.41, 5.74) is 0. The maximum absolute atomic E-state index is 12.8. The largest absolute Gasteiger partial charge is 0.466 e. The summed E-state index contributed by atoms with van der Waals surface area (Å²) in [6.45, 7) is 13.0. The third-order valence-corrected chi connectivity index (χ3v) is 10.8. The van der Waals surface area contributed by atoms with Crippen LogP contribution in [-0.4, -0.2) is 62.3 Å². The van der Waals surface area contributed by atoms with Crippen molar-refractivity contribution in [1.29, 1.82) is 0 Å². The number of carbonyl (C=O) groups excluding carboxylic acids is 2. The van der Waals surface area contributed by atoms with Crippen molar-refractivity contribution in [1.82, 2.24) is 10.2 Å². The maximum Gasteiger partial charge on any atom is 0.306 e. The summed E-state index contributed by atoms with van der Waals surface area (Å²) < 4.78 is 11.5. The molecular formula is C46H92N2O4. The van der Waals surface area contributed by atoms with Gasteiger partial charge in [-0.05, 0) is 84.8 Å². The Hall–Kier alpha value is -1.14. The number of hydrogen-bond acceptors (Lipinski definition) is 6. The average molecular weight is 737 g/mol. The summed E-state index contributed by atoms with van der Waals surface area (Å²) in [5, 5.41) is 3.41. The van der Waals surface area contributed by atoms with E-state index in [-0.39, 0.29) is 18.0 Å². The lowest BCUT2D eigenvalue weighted by Gasteiger charge is -2.25. The standard InChI is InChI=1S/C46H92N2O4/c1-6-9-12-15-18-27-34-41-51-45(49)37-30-23-19-25-32-39-48(42-43(4)47-5)40-33-26-20-24-31-38-46(50)52-44(35-28-21-16-13-10-7-2)36-29-22-17-14-11-8-3/h43-44,47H,6-42H2,1-5H3/t43-/m1/s1. The lowest BCUT2D eigenvalue weighted by molar-refractivity contribution is -0.150. The fourth-order valence-electron chi connectivity index (χ4n) is 7.17. The van der Waals surface area contributed by atoms with Crippen LogP contribution in [0.1, 0.15) is 240 Å². The summed E-state index contributed by atoms with van der Waals surface area (Å²) >= 11 is 0. The van der Waals surface area contributed by atoms with Gasteiger partial charge >= 0.3 is 11.9 Å². The van der Waals surface area contributed by atoms with Crippen LogP contribution in [-0.2, 0) is 19.1 Å². The third kappa shape index (κ3) is 37.2. The molecule has 0 bridgehead atoms. The minimum absolute atomic E-state index is 0.00983. The molecule has 0 aliphatic carbocycles. The third-order valence-electron chi connectivity index (χ3n) is 10.8. The molecule has 52 heavy (non-hydrogen) atoms. The van der Waals surface area contributed by atoms with E-state index >= 15 is 0 Å². The number of likely N-dealkylation sites (N-methyl/N-ethyl adjacent to an activating group) is 1. The van der Waals surface area contributed by atoms with Crippen LogP contribution in [0.25, 0.3) is 0 Å². The predicted octanol–water partition coefficient (Wildman–Crippen LogP) is 13.3. The summed E-state index contributed by atoms with van der Waals surface area (Å²) in [7, 11) is 2.05. The first kappa shape index (κ1) is 50.9. The first-order valence-electron chi connectivity index (χ1n) is 23.2. The van der Waals surface area contributed by atoms with Crippen LogP contribution < -0.4 is 5.32 Å². The van der Waals surface area contributed by atoms with Crippen LogP contribution in [0.15, 0.2) is 0 Å². The Labute approximate surface area is 325 Å². The molecule has 310 valence electrons. The molecule has 6 nitrogen and oxygen atoms in total. The highest BCUT2D eigenvalue weighted by Crippen LogP contribution is 2.18. The van der Waals surface area contributed by atoms with Gasteiger partial charge in [-0.3, -0.25) is 9.59 Å². The van der Waals surface area contributed by atoms with Crippen molar-refractivity contribution in [2.75, 3.05) is 33.3 Å². The summed E-state index contributed by atoms with van der Waals surface area (Å²) in [6, 6.07) is 0.490. The van der Waals surface area contributed by atoms with Crippen LogP contribution in [0.5, 0.6) is 0 Å². The highest BCUT2D eigenvalue weighted by molar-refractivity contribution is 5.69. The highest BCUT2D eigenvalue weighted by atomic mass is 16.5. The van der Waals surface area contributed by atoms with Gasteiger partial charge in [0.1, 0.15) is 6.10 Å². The first-order chi connectivity index (χ1) is 25.5. The molecule has 0 aliphatic rings. The quantitative estimate of drug-likeness (QED) is 0.0497. The molecule has 0 aromatic rings. The Morgan fingerprint density at radius 1 is 0.500 bits per heavy atom. The SMILES string of the molecule is CCCCCCCCCOC(=O)CCCCCCCN(CCCCCCCC(=O)OC(CCCCCCCC)CCCCCCCC)C[C@@H](C)NC. The van der Waals surface area contributed by atoms with E-state index < -0.39 is 0 Å². The maximum atomic E-state index is 12.8. The zero-order chi connectivity index (χ0) is 38.2. The van der Waals surface area contributed by atoms with Gasteiger partial charge in [-0.15, -0.1) is 0 Å². The van der Waals surface area contributed by atoms with Gasteiger partial charge in [-0.25, -0.2) is 0 Å². The van der Waals surface area contributed by atoms with E-state index in [1.807, 2.05) is 0 Å². The molecule has 0 aromatic carbocycles. The van der Waals surface area contributed by atoms with Gasteiger partial charge in [-0.2, -0.15) is 0 Å². The fraction of sp³-hybridized carbons (Fsp3) is 0.957. The first-order valence-corrected chi connectivity index (χ1v) is 23.2. The van der Waals surface area contributed by atoms with E-state index in [9.17, 15) is 9.59 Å². The Morgan fingerprint density at radius 2 is 0.885 bits per heavy atom. The summed E-state index contributed by atoms with van der Waals surface area (Å²) in [6.07, 6.45) is 39.0. The number of nitrogens with zero attached hydrogens (tertiary/aromatic N) is 1. The van der Waals surface area contributed by atoms with E-state index in [2.05, 4.69) is 45.0 Å². The van der Waals surface area contributed by atoms with Crippen molar-refractivity contribution < 1.29 is 19.1 Å². The zero-order valence-electron chi connectivity index (χ0n) is 35.9. The Kier molecular flexibility index (Phi) is 40.1. The van der Waals surface area contributed by atoms with Gasteiger partial charge in [0, 0.05) is 25.4 Å². The minimum atomic E-state index is -0.00983. The monoisotopic (exact) mass is 737 g/mol. The molecule has 6 heteroatoms. The number of nitrogens with one attached hydrogen (secondary N) is 1. The van der Waals surface area contributed by atoms with Crippen molar-refractivity contribution in [2.45, 2.75) is 252 Å². The molecule has 0 amide bonds. The number of hydrogen-bond donors (Lipinski definition) is 1. The molecule has 0 spiro atoms. The van der Waals surface area contributed by atoms with Crippen molar-refractivity contribution >= 4 is 11.9 Å². The topological polar surface area (TPSA) is 67.9 Å². The molecule has 1 atom stereocenters. The number of carbonyl (C=O) groups is 2. The number of unbranched alkanes of at least 4 members (excludes halogenated alkanes) is 24. The van der Waals surface area contributed by atoms with Crippen LogP contribution in [0.2, 0.25) is 0 Å². The second kappa shape index (κ2) is 41.0. The van der Waals surface area contributed by atoms with Gasteiger partial charge in [0.05, 0.1) is 6.61 Å². The molecule has 0 fully saturated rings. The fourth-order valence-corrected chi connectivity index (χ4v) is 7.17. The zero-order valence-corrected chi connectivity index (χ0v) is 35.9. The number of rotatable bonds is 42. The summed E-state index contributed by atoms with van der Waals surface area (Å²) in [4.78, 5) is 27.4. The molecule has 0 heterocycles. The van der Waals surface area contributed by atoms with Gasteiger partial charge in [0.2, 0.25) is 0 Å². The van der Waals surface area contributed by atoms with Gasteiger partial charge in [0.25, 0.3) is 0 Å². The van der Waals surface area contributed by atoms with E-state index in [0.717, 1.165) is 64.6 Å². The Bertz CT molecular complexity index is 732. The molecular weight excluding hydrogens is 645 g/mol. The Morgan fingerprint density at radius 3 is 1.35 bits per heavy atom. The molecule has 0 aliphatic heterocycles. The number of ether oxygens (including phenoxy) is 2. The minimum Gasteiger partial charge on any atom is -0.466 e. The van der Waals surface area contributed by atoms with Gasteiger partial charge in [-0.1, -0.05) is 162 Å². The molecule has 0 unspecified atom stereocenters. The molecule has 0 saturated carbocycles. The van der Waals surface area contributed by atoms with Crippen LogP contribution in [0, 0.1) is 0 Å². The van der Waals surface area contributed by atoms with Crippen molar-refractivity contribution in [3.05, 3.63) is 0 Å². The van der Waals surface area contributed by atoms with Crippen LogP contribution in [0.3, 0.4) is 0 Å².